The monoisotopic (exact) mass is 420 g/mol. The molecule has 0 aromatic heterocycles. The molecule has 0 radical (unpaired) electrons. The van der Waals surface area contributed by atoms with E-state index in [0.29, 0.717) is 0 Å². The van der Waals surface area contributed by atoms with Gasteiger partial charge in [-0.15, -0.1) is 0 Å². The zero-order valence-corrected chi connectivity index (χ0v) is 18.5. The predicted octanol–water partition coefficient (Wildman–Crippen LogP) is 6.47. The first kappa shape index (κ1) is 21.8. The molecule has 0 saturated carbocycles. The second kappa shape index (κ2) is 11.8. The first-order valence-electron chi connectivity index (χ1n) is 11.1. The van der Waals surface area contributed by atoms with Gasteiger partial charge in [-0.05, 0) is 34.9 Å². The lowest BCUT2D eigenvalue weighted by Gasteiger charge is -1.98. The topological polar surface area (TPSA) is 0 Å². The van der Waals surface area contributed by atoms with Crippen molar-refractivity contribution in [2.75, 3.05) is 0 Å². The fourth-order valence-corrected chi connectivity index (χ4v) is 3.38. The Morgan fingerprint density at radius 2 is 0.636 bits per heavy atom. The third-order valence-corrected chi connectivity index (χ3v) is 5.04. The van der Waals surface area contributed by atoms with Gasteiger partial charge in [0.1, 0.15) is 0 Å². The number of hydrogen-bond donors (Lipinski definition) is 0. The van der Waals surface area contributed by atoms with Gasteiger partial charge >= 0.3 is 0 Å². The quantitative estimate of drug-likeness (QED) is 0.333. The maximum atomic E-state index is 3.30. The average molecular weight is 421 g/mol. The van der Waals surface area contributed by atoms with Crippen molar-refractivity contribution in [1.29, 1.82) is 0 Å². The van der Waals surface area contributed by atoms with Crippen LogP contribution in [0.3, 0.4) is 0 Å². The normalized spacial score (nSPS) is 9.45. The van der Waals surface area contributed by atoms with Crippen molar-refractivity contribution in [2.24, 2.45) is 0 Å². The molecule has 0 nitrogen and oxygen atoms in total. The van der Waals surface area contributed by atoms with Crippen LogP contribution in [0.1, 0.15) is 33.4 Å². The van der Waals surface area contributed by atoms with E-state index in [4.69, 9.17) is 0 Å². The van der Waals surface area contributed by atoms with Crippen molar-refractivity contribution in [3.8, 4) is 35.5 Å². The van der Waals surface area contributed by atoms with E-state index in [-0.39, 0.29) is 0 Å². The Morgan fingerprint density at radius 3 is 0.909 bits per heavy atom. The van der Waals surface area contributed by atoms with E-state index in [1.165, 1.54) is 16.7 Å². The molecule has 4 aromatic rings. The van der Waals surface area contributed by atoms with Crippen LogP contribution < -0.4 is 0 Å². The Kier molecular flexibility index (Phi) is 7.80. The molecule has 156 valence electrons. The molecule has 0 fully saturated rings. The van der Waals surface area contributed by atoms with E-state index in [9.17, 15) is 0 Å². The molecule has 0 heteroatoms. The van der Waals surface area contributed by atoms with Crippen LogP contribution in [-0.2, 0) is 19.3 Å². The van der Waals surface area contributed by atoms with Crippen LogP contribution in [0, 0.1) is 35.5 Å². The highest BCUT2D eigenvalue weighted by Crippen LogP contribution is 2.10. The second-order valence-corrected chi connectivity index (χ2v) is 7.69. The van der Waals surface area contributed by atoms with Crippen molar-refractivity contribution in [3.63, 3.8) is 0 Å². The van der Waals surface area contributed by atoms with Gasteiger partial charge in [-0.2, -0.15) is 0 Å². The standard InChI is InChI=1S/C33H24/c1-4-13-28(14-5-1)19-10-22-31-25-32(23-11-20-29-15-6-2-7-16-29)27-33(26-31)24-12-21-30-17-8-3-9-18-30/h1-9,13-18,25-27H,19-21H2. The molecule has 0 saturated heterocycles. The minimum Gasteiger partial charge on any atom is -0.0931 e. The summed E-state index contributed by atoms with van der Waals surface area (Å²) in [5.41, 5.74) is 6.48. The summed E-state index contributed by atoms with van der Waals surface area (Å²) in [5, 5.41) is 0. The van der Waals surface area contributed by atoms with Gasteiger partial charge in [0.05, 0.1) is 0 Å². The van der Waals surface area contributed by atoms with Crippen molar-refractivity contribution in [1.82, 2.24) is 0 Å². The summed E-state index contributed by atoms with van der Waals surface area (Å²) in [4.78, 5) is 0. The Balaban J connectivity index is 1.56. The molecule has 4 rings (SSSR count). The van der Waals surface area contributed by atoms with E-state index in [1.54, 1.807) is 0 Å². The molecule has 0 unspecified atom stereocenters. The third-order valence-electron chi connectivity index (χ3n) is 5.04. The molecule has 33 heavy (non-hydrogen) atoms. The Morgan fingerprint density at radius 1 is 0.364 bits per heavy atom. The van der Waals surface area contributed by atoms with Gasteiger partial charge in [-0.3, -0.25) is 0 Å². The molecule has 0 N–H and O–H groups in total. The lowest BCUT2D eigenvalue weighted by Crippen LogP contribution is -1.87. The van der Waals surface area contributed by atoms with Crippen LogP contribution in [-0.4, -0.2) is 0 Å². The van der Waals surface area contributed by atoms with Gasteiger partial charge in [-0.25, -0.2) is 0 Å². The fraction of sp³-hybridized carbons (Fsp3) is 0.0909. The molecular formula is C33H24. The average Bonchev–Trinajstić information content (AvgIpc) is 2.86. The Labute approximate surface area is 197 Å². The van der Waals surface area contributed by atoms with E-state index in [1.807, 2.05) is 54.6 Å². The predicted molar refractivity (Wildman–Crippen MR) is 138 cm³/mol. The lowest BCUT2D eigenvalue weighted by molar-refractivity contribution is 1.31. The van der Waals surface area contributed by atoms with E-state index < -0.39 is 0 Å². The van der Waals surface area contributed by atoms with Gasteiger partial charge in [0.15, 0.2) is 0 Å². The highest BCUT2D eigenvalue weighted by Gasteiger charge is 1.97. The molecule has 0 bridgehead atoms. The van der Waals surface area contributed by atoms with E-state index in [0.717, 1.165) is 36.0 Å². The maximum absolute atomic E-state index is 3.30. The minimum absolute atomic E-state index is 0.722. The SMILES string of the molecule is C(#Cc1cc(C#CCc2ccccc2)cc(C#CCc2ccccc2)c1)Cc1ccccc1. The molecule has 4 aromatic carbocycles. The summed E-state index contributed by atoms with van der Waals surface area (Å²) < 4.78 is 0. The van der Waals surface area contributed by atoms with E-state index in [2.05, 4.69) is 90.1 Å². The first-order valence-corrected chi connectivity index (χ1v) is 11.1. The number of hydrogen-bond acceptors (Lipinski definition) is 0. The highest BCUT2D eigenvalue weighted by atomic mass is 14.0. The third kappa shape index (κ3) is 7.33. The maximum Gasteiger partial charge on any atom is 0.0344 e. The van der Waals surface area contributed by atoms with Crippen molar-refractivity contribution in [2.45, 2.75) is 19.3 Å². The summed E-state index contributed by atoms with van der Waals surface area (Å²) in [5.74, 6) is 19.8. The van der Waals surface area contributed by atoms with Crippen molar-refractivity contribution >= 4 is 0 Å². The minimum atomic E-state index is 0.722. The molecule has 0 atom stereocenters. The van der Waals surface area contributed by atoms with Gasteiger partial charge in [-0.1, -0.05) is 127 Å². The van der Waals surface area contributed by atoms with Crippen LogP contribution >= 0.6 is 0 Å². The number of benzene rings is 4. The van der Waals surface area contributed by atoms with Crippen LogP contribution in [0.2, 0.25) is 0 Å². The summed E-state index contributed by atoms with van der Waals surface area (Å²) in [6.45, 7) is 0. The molecule has 0 heterocycles. The molecule has 0 spiro atoms. The van der Waals surface area contributed by atoms with Crippen LogP contribution in [0.15, 0.2) is 109 Å². The first-order chi connectivity index (χ1) is 16.3. The molecule has 0 amide bonds. The lowest BCUT2D eigenvalue weighted by atomic mass is 10.0. The van der Waals surface area contributed by atoms with Crippen LogP contribution in [0.5, 0.6) is 0 Å². The number of rotatable bonds is 3. The molecule has 0 aliphatic rings. The smallest absolute Gasteiger partial charge is 0.0344 e. The zero-order chi connectivity index (χ0) is 22.6. The van der Waals surface area contributed by atoms with Crippen molar-refractivity contribution < 1.29 is 0 Å². The summed E-state index contributed by atoms with van der Waals surface area (Å²) in [6, 6.07) is 37.1. The van der Waals surface area contributed by atoms with Gasteiger partial charge in [0, 0.05) is 36.0 Å². The van der Waals surface area contributed by atoms with Gasteiger partial charge in [0.25, 0.3) is 0 Å². The molecular weight excluding hydrogens is 396 g/mol. The van der Waals surface area contributed by atoms with Crippen LogP contribution in [0.25, 0.3) is 0 Å². The van der Waals surface area contributed by atoms with Gasteiger partial charge < -0.3 is 0 Å². The van der Waals surface area contributed by atoms with Gasteiger partial charge in [0.2, 0.25) is 0 Å². The summed E-state index contributed by atoms with van der Waals surface area (Å²) in [6.07, 6.45) is 2.17. The second-order valence-electron chi connectivity index (χ2n) is 7.69. The highest BCUT2D eigenvalue weighted by molar-refractivity contribution is 5.51. The summed E-state index contributed by atoms with van der Waals surface area (Å²) in [7, 11) is 0. The van der Waals surface area contributed by atoms with Crippen molar-refractivity contribution in [3.05, 3.63) is 143 Å². The fourth-order valence-electron chi connectivity index (χ4n) is 3.38. The van der Waals surface area contributed by atoms with Crippen LogP contribution in [0.4, 0.5) is 0 Å². The molecule has 0 aliphatic heterocycles. The molecule has 0 aliphatic carbocycles. The summed E-state index contributed by atoms with van der Waals surface area (Å²) >= 11 is 0. The largest absolute Gasteiger partial charge is 0.0931 e. The Hall–Kier alpha value is -4.44. The Bertz CT molecular complexity index is 1170. The van der Waals surface area contributed by atoms with E-state index >= 15 is 0 Å². The zero-order valence-electron chi connectivity index (χ0n) is 18.5.